The molecule has 0 bridgehead atoms. The molecule has 3 fully saturated rings. The van der Waals surface area contributed by atoms with Crippen LogP contribution in [0.25, 0.3) is 0 Å². The number of para-hydroxylation sites is 1. The fourth-order valence-corrected chi connectivity index (χ4v) is 8.18. The van der Waals surface area contributed by atoms with Gasteiger partial charge in [-0.1, -0.05) is 30.3 Å². The summed E-state index contributed by atoms with van der Waals surface area (Å²) in [5, 5.41) is 13.4. The summed E-state index contributed by atoms with van der Waals surface area (Å²) in [5.41, 5.74) is 4.20. The third-order valence-corrected chi connectivity index (χ3v) is 11.2. The Balaban J connectivity index is 1.05. The van der Waals surface area contributed by atoms with Crippen LogP contribution in [0.5, 0.6) is 5.75 Å². The smallest absolute Gasteiger partial charge is 0.410 e. The summed E-state index contributed by atoms with van der Waals surface area (Å²) in [7, 11) is 0. The minimum absolute atomic E-state index is 0.000534. The summed E-state index contributed by atoms with van der Waals surface area (Å²) in [5.74, 6) is -0.170. The average molecular weight is 719 g/mol. The number of carbonyl (C=O) groups is 4. The molecule has 2 aromatic rings. The molecule has 1 atom stereocenters. The summed E-state index contributed by atoms with van der Waals surface area (Å²) in [6.07, 6.45) is 2.34. The molecule has 0 spiro atoms. The quantitative estimate of drug-likeness (QED) is 0.372. The molecular formula is C39H54N6O7. The number of phenols is 1. The van der Waals surface area contributed by atoms with Gasteiger partial charge in [0.2, 0.25) is 0 Å². The zero-order valence-corrected chi connectivity index (χ0v) is 30.8. The summed E-state index contributed by atoms with van der Waals surface area (Å²) < 4.78 is 11.2. The van der Waals surface area contributed by atoms with E-state index in [0.717, 1.165) is 62.3 Å². The second-order valence-electron chi connectivity index (χ2n) is 14.6. The van der Waals surface area contributed by atoms with Crippen molar-refractivity contribution in [2.24, 2.45) is 0 Å². The van der Waals surface area contributed by atoms with Gasteiger partial charge in [0.05, 0.1) is 13.2 Å². The van der Waals surface area contributed by atoms with E-state index in [1.54, 1.807) is 4.90 Å². The lowest BCUT2D eigenvalue weighted by molar-refractivity contribution is -0.145. The highest BCUT2D eigenvalue weighted by atomic mass is 16.6. The largest absolute Gasteiger partial charge is 0.507 e. The predicted octanol–water partition coefficient (Wildman–Crippen LogP) is 3.78. The number of fused-ring (bicyclic) bond motifs is 1. The monoisotopic (exact) mass is 718 g/mol. The highest BCUT2D eigenvalue weighted by Crippen LogP contribution is 2.27. The number of urea groups is 1. The summed E-state index contributed by atoms with van der Waals surface area (Å²) in [4.78, 5) is 62.8. The molecule has 1 unspecified atom stereocenters. The van der Waals surface area contributed by atoms with Gasteiger partial charge in [0.1, 0.15) is 5.75 Å². The molecule has 3 saturated heterocycles. The molecule has 13 heteroatoms. The zero-order chi connectivity index (χ0) is 36.8. The number of nitrogens with one attached hydrogen (secondary N) is 1. The molecule has 282 valence electrons. The van der Waals surface area contributed by atoms with E-state index in [1.165, 1.54) is 0 Å². The molecule has 0 aliphatic carbocycles. The fraction of sp³-hybridized carbons (Fsp3) is 0.590. The number of ether oxygens (including phenoxy) is 2. The molecule has 0 saturated carbocycles. The van der Waals surface area contributed by atoms with E-state index in [1.807, 2.05) is 67.0 Å². The minimum atomic E-state index is -1.01. The van der Waals surface area contributed by atoms with Crippen LogP contribution in [0.15, 0.2) is 36.4 Å². The van der Waals surface area contributed by atoms with Crippen molar-refractivity contribution in [1.82, 2.24) is 24.5 Å². The molecule has 4 aliphatic heterocycles. The van der Waals surface area contributed by atoms with Gasteiger partial charge < -0.3 is 34.6 Å². The van der Waals surface area contributed by atoms with E-state index in [2.05, 4.69) is 15.1 Å². The third kappa shape index (κ3) is 8.98. The number of piperazine rings is 1. The van der Waals surface area contributed by atoms with Crippen molar-refractivity contribution in [1.29, 1.82) is 0 Å². The van der Waals surface area contributed by atoms with Crippen LogP contribution in [0, 0.1) is 13.8 Å². The second-order valence-corrected chi connectivity index (χ2v) is 14.6. The van der Waals surface area contributed by atoms with E-state index in [9.17, 15) is 24.3 Å². The average Bonchev–Trinajstić information content (AvgIpc) is 3.31. The first kappa shape index (κ1) is 37.4. The van der Waals surface area contributed by atoms with Gasteiger partial charge in [0.25, 0.3) is 5.91 Å². The number of carbonyl (C=O) groups excluding carboxylic acids is 4. The van der Waals surface area contributed by atoms with Gasteiger partial charge in [-0.15, -0.1) is 0 Å². The molecule has 0 aromatic heterocycles. The molecule has 0 radical (unpaired) electrons. The lowest BCUT2D eigenvalue weighted by Gasteiger charge is -2.43. The second kappa shape index (κ2) is 17.0. The number of amides is 4. The van der Waals surface area contributed by atoms with Gasteiger partial charge in [-0.05, 0) is 81.2 Å². The predicted molar refractivity (Wildman–Crippen MR) is 196 cm³/mol. The van der Waals surface area contributed by atoms with Crippen molar-refractivity contribution >= 4 is 29.7 Å². The molecule has 6 rings (SSSR count). The normalized spacial score (nSPS) is 20.1. The number of hydrogen-bond acceptors (Lipinski definition) is 9. The van der Waals surface area contributed by atoms with Crippen molar-refractivity contribution in [2.75, 3.05) is 77.4 Å². The lowest BCUT2D eigenvalue weighted by Crippen LogP contribution is -2.55. The van der Waals surface area contributed by atoms with Gasteiger partial charge in [0, 0.05) is 83.1 Å². The Hall–Kier alpha value is -4.36. The van der Waals surface area contributed by atoms with Crippen LogP contribution < -0.4 is 5.32 Å². The number of likely N-dealkylation sites (tertiary alicyclic amines) is 2. The molecule has 2 aromatic carbocycles. The van der Waals surface area contributed by atoms with E-state index in [-0.39, 0.29) is 36.1 Å². The lowest BCUT2D eigenvalue weighted by atomic mass is 9.98. The maximum Gasteiger partial charge on any atom is 0.410 e. The van der Waals surface area contributed by atoms with E-state index < -0.39 is 12.2 Å². The zero-order valence-electron chi connectivity index (χ0n) is 30.8. The molecular weight excluding hydrogens is 664 g/mol. The topological polar surface area (TPSA) is 135 Å². The number of piperidine rings is 2. The molecule has 4 aliphatic rings. The SMILES string of the molecule is CCOC(=O)CN1CCN(C2CCN(C(=O)C(Cc3cc(C)c(O)c(C)c3)OC(=O)N3CCC(N4CCc5ccccc5NC4=O)CC3)CC2)CC1. The van der Waals surface area contributed by atoms with Gasteiger partial charge in [-0.2, -0.15) is 0 Å². The van der Waals surface area contributed by atoms with E-state index in [4.69, 9.17) is 9.47 Å². The summed E-state index contributed by atoms with van der Waals surface area (Å²) >= 11 is 0. The maximum absolute atomic E-state index is 14.1. The number of aryl methyl sites for hydroxylation is 2. The molecule has 52 heavy (non-hydrogen) atoms. The first-order valence-electron chi connectivity index (χ1n) is 18.9. The number of esters is 1. The number of phenolic OH excluding ortho intramolecular Hbond substituents is 1. The highest BCUT2D eigenvalue weighted by molar-refractivity contribution is 5.91. The van der Waals surface area contributed by atoms with Gasteiger partial charge in [-0.25, -0.2) is 9.59 Å². The van der Waals surface area contributed by atoms with Crippen LogP contribution in [-0.2, 0) is 31.9 Å². The molecule has 2 N–H and O–H groups in total. The van der Waals surface area contributed by atoms with Crippen molar-refractivity contribution in [3.8, 4) is 5.75 Å². The Labute approximate surface area is 306 Å². The Morgan fingerprint density at radius 3 is 2.17 bits per heavy atom. The summed E-state index contributed by atoms with van der Waals surface area (Å²) in [6.45, 7) is 12.1. The fourth-order valence-electron chi connectivity index (χ4n) is 8.18. The third-order valence-electron chi connectivity index (χ3n) is 11.2. The number of hydrogen-bond donors (Lipinski definition) is 2. The molecule has 13 nitrogen and oxygen atoms in total. The summed E-state index contributed by atoms with van der Waals surface area (Å²) in [6, 6.07) is 11.8. The van der Waals surface area contributed by atoms with Gasteiger partial charge in [0.15, 0.2) is 6.10 Å². The van der Waals surface area contributed by atoms with Gasteiger partial charge >= 0.3 is 18.1 Å². The van der Waals surface area contributed by atoms with E-state index >= 15 is 0 Å². The Morgan fingerprint density at radius 1 is 0.865 bits per heavy atom. The number of nitrogens with zero attached hydrogens (tertiary/aromatic N) is 5. The maximum atomic E-state index is 14.1. The number of rotatable bonds is 9. The first-order valence-corrected chi connectivity index (χ1v) is 18.9. The first-order chi connectivity index (χ1) is 25.1. The van der Waals surface area contributed by atoms with Crippen LogP contribution in [0.2, 0.25) is 0 Å². The number of anilines is 1. The minimum Gasteiger partial charge on any atom is -0.507 e. The van der Waals surface area contributed by atoms with Crippen LogP contribution in [0.3, 0.4) is 0 Å². The molecule has 4 heterocycles. The number of aromatic hydroxyl groups is 1. The Kier molecular flexibility index (Phi) is 12.2. The van der Waals surface area contributed by atoms with Crippen molar-refractivity contribution in [3.05, 3.63) is 58.7 Å². The van der Waals surface area contributed by atoms with Crippen LogP contribution in [0.1, 0.15) is 54.9 Å². The Bertz CT molecular complexity index is 1570. The standard InChI is InChI=1S/C39H54N6O7/c1-4-51-35(46)26-41-19-21-42(22-20-41)31-10-14-43(15-11-31)37(48)34(25-29-23-27(2)36(47)28(3)24-29)52-39(50)44-16-12-32(13-17-44)45-18-9-30-7-5-6-8-33(30)40-38(45)49/h5-8,23-24,31-32,34,47H,4,9-22,25-26H2,1-3H3,(H,40,49). The van der Waals surface area contributed by atoms with Crippen LogP contribution in [-0.4, -0.2) is 144 Å². The van der Waals surface area contributed by atoms with Crippen molar-refractivity contribution < 1.29 is 33.8 Å². The van der Waals surface area contributed by atoms with E-state index in [0.29, 0.717) is 75.9 Å². The molecule has 4 amide bonds. The van der Waals surface area contributed by atoms with Crippen LogP contribution in [0.4, 0.5) is 15.3 Å². The Morgan fingerprint density at radius 2 is 1.50 bits per heavy atom. The van der Waals surface area contributed by atoms with Gasteiger partial charge in [-0.3, -0.25) is 19.4 Å². The number of benzene rings is 2. The highest BCUT2D eigenvalue weighted by Gasteiger charge is 2.37. The van der Waals surface area contributed by atoms with Crippen molar-refractivity contribution in [3.63, 3.8) is 0 Å². The van der Waals surface area contributed by atoms with Crippen molar-refractivity contribution in [2.45, 2.75) is 77.5 Å². The van der Waals surface area contributed by atoms with Crippen LogP contribution >= 0.6 is 0 Å².